The molecule has 18 nitrogen and oxygen atoms in total. The van der Waals surface area contributed by atoms with Gasteiger partial charge in [0, 0.05) is 13.3 Å². The van der Waals surface area contributed by atoms with Gasteiger partial charge in [0.2, 0.25) is 0 Å². The van der Waals surface area contributed by atoms with Crippen molar-refractivity contribution in [2.24, 2.45) is 0 Å². The fraction of sp³-hybridized carbons (Fsp3) is 0.500. The molecule has 5 atom stereocenters. The number of hydrogen-bond donors (Lipinski definition) is 5. The Kier molecular flexibility index (Phi) is 7.39. The van der Waals surface area contributed by atoms with E-state index < -0.39 is 54.5 Å². The van der Waals surface area contributed by atoms with Crippen molar-refractivity contribution in [2.45, 2.75) is 31.8 Å². The molecule has 0 aromatic carbocycles. The Bertz CT molecular complexity index is 1180. The second-order valence-corrected chi connectivity index (χ2v) is 10.9. The zero-order valence-electron chi connectivity index (χ0n) is 16.5. The summed E-state index contributed by atoms with van der Waals surface area (Å²) in [7, 11) is -16.6. The largest absolute Gasteiger partial charge is 0.490 e. The lowest BCUT2D eigenvalue weighted by molar-refractivity contribution is -0.150. The summed E-state index contributed by atoms with van der Waals surface area (Å²) in [5, 5.41) is 0. The summed E-state index contributed by atoms with van der Waals surface area (Å²) in [5.41, 5.74) is 6.31. The van der Waals surface area contributed by atoms with Crippen molar-refractivity contribution in [2.75, 3.05) is 12.3 Å². The molecule has 3 rings (SSSR count). The van der Waals surface area contributed by atoms with Crippen LogP contribution in [-0.4, -0.2) is 63.9 Å². The molecule has 3 heterocycles. The highest BCUT2D eigenvalue weighted by Crippen LogP contribution is 2.66. The normalized spacial score (nSPS) is 24.9. The van der Waals surface area contributed by atoms with E-state index in [-0.39, 0.29) is 17.8 Å². The van der Waals surface area contributed by atoms with Gasteiger partial charge in [-0.25, -0.2) is 28.6 Å². The van der Waals surface area contributed by atoms with Crippen molar-refractivity contribution in [3.05, 3.63) is 12.7 Å². The molecule has 0 saturated carbocycles. The summed E-state index contributed by atoms with van der Waals surface area (Å²) in [6.45, 7) is 0.315. The van der Waals surface area contributed by atoms with Crippen LogP contribution >= 0.6 is 23.5 Å². The van der Waals surface area contributed by atoms with Gasteiger partial charge in [0.15, 0.2) is 11.5 Å². The van der Waals surface area contributed by atoms with Crippen molar-refractivity contribution in [3.8, 4) is 0 Å². The van der Waals surface area contributed by atoms with Gasteiger partial charge >= 0.3 is 29.4 Å². The van der Waals surface area contributed by atoms with Gasteiger partial charge in [-0.3, -0.25) is 13.9 Å². The van der Waals surface area contributed by atoms with E-state index in [0.717, 1.165) is 6.92 Å². The number of carbonyl (C=O) groups excluding carboxylic acids is 1. The number of ether oxygens (including phenoxy) is 2. The third-order valence-electron chi connectivity index (χ3n) is 4.01. The molecule has 0 aliphatic carbocycles. The lowest BCUT2D eigenvalue weighted by Crippen LogP contribution is -2.30. The number of aromatic nitrogens is 4. The van der Waals surface area contributed by atoms with Gasteiger partial charge in [-0.1, -0.05) is 0 Å². The Labute approximate surface area is 184 Å². The molecule has 33 heavy (non-hydrogen) atoms. The van der Waals surface area contributed by atoms with Gasteiger partial charge < -0.3 is 34.8 Å². The Morgan fingerprint density at radius 3 is 2.52 bits per heavy atom. The van der Waals surface area contributed by atoms with Crippen LogP contribution in [0.4, 0.5) is 5.82 Å². The number of hydrogen-bond acceptors (Lipinski definition) is 13. The predicted molar refractivity (Wildman–Crippen MR) is 104 cm³/mol. The van der Waals surface area contributed by atoms with Gasteiger partial charge in [-0.15, -0.1) is 0 Å². The average Bonchev–Trinajstić information content (AvgIpc) is 3.21. The number of nitrogens with zero attached hydrogens (tertiary/aromatic N) is 4. The quantitative estimate of drug-likeness (QED) is 0.209. The first-order chi connectivity index (χ1) is 15.2. The Hall–Kier alpha value is -1.81. The van der Waals surface area contributed by atoms with Crippen molar-refractivity contribution < 1.29 is 60.7 Å². The van der Waals surface area contributed by atoms with Crippen LogP contribution in [-0.2, 0) is 41.1 Å². The molecule has 0 radical (unpaired) electrons. The third-order valence-corrected chi connectivity index (χ3v) is 7.82. The van der Waals surface area contributed by atoms with Crippen LogP contribution < -0.4 is 5.73 Å². The van der Waals surface area contributed by atoms with Crippen LogP contribution in [0.15, 0.2) is 12.7 Å². The standard InChI is InChI=1S/C12H18N5O13P3/c1-6(18)27-7-2-9(17-5-16-10-11(13)14-4-15-12(10)17)28-8(7)3-26-32(22,23)30-33(24,25)29-31(19,20)21/h4-5,7-9H,2-3H2,1H3,(H,22,23)(H,24,25)(H2,13,14,15)(H2,19,20,21)/t7-,8+,9+/m0/s1. The molecular weight excluding hydrogens is 515 g/mol. The monoisotopic (exact) mass is 533 g/mol. The van der Waals surface area contributed by atoms with Gasteiger partial charge in [0.25, 0.3) is 0 Å². The Morgan fingerprint density at radius 1 is 1.18 bits per heavy atom. The number of nitrogen functional groups attached to an aromatic ring is 1. The summed E-state index contributed by atoms with van der Waals surface area (Å²) >= 11 is 0. The van der Waals surface area contributed by atoms with E-state index in [4.69, 9.17) is 25.0 Å². The second-order valence-electron chi connectivity index (χ2n) is 6.48. The lowest BCUT2D eigenvalue weighted by atomic mass is 10.2. The molecule has 1 fully saturated rings. The number of carbonyl (C=O) groups is 1. The first-order valence-corrected chi connectivity index (χ1v) is 13.2. The highest BCUT2D eigenvalue weighted by molar-refractivity contribution is 7.66. The minimum atomic E-state index is -5.68. The zero-order valence-corrected chi connectivity index (χ0v) is 19.2. The summed E-state index contributed by atoms with van der Waals surface area (Å²) in [5.74, 6) is -0.591. The minimum absolute atomic E-state index is 0.0272. The highest BCUT2D eigenvalue weighted by Gasteiger charge is 2.44. The molecule has 0 bridgehead atoms. The van der Waals surface area contributed by atoms with Crippen molar-refractivity contribution in [1.29, 1.82) is 0 Å². The molecule has 0 amide bonds. The first-order valence-electron chi connectivity index (χ1n) is 8.70. The minimum Gasteiger partial charge on any atom is -0.460 e. The Balaban J connectivity index is 1.73. The van der Waals surface area contributed by atoms with Crippen LogP contribution in [0.1, 0.15) is 19.6 Å². The van der Waals surface area contributed by atoms with Crippen LogP contribution in [0.5, 0.6) is 0 Å². The maximum atomic E-state index is 12.0. The molecule has 2 aromatic rings. The maximum absolute atomic E-state index is 12.0. The maximum Gasteiger partial charge on any atom is 0.490 e. The molecule has 21 heteroatoms. The number of phosphoric ester groups is 1. The van der Waals surface area contributed by atoms with Crippen molar-refractivity contribution in [3.63, 3.8) is 0 Å². The molecule has 0 spiro atoms. The zero-order chi connectivity index (χ0) is 24.6. The number of nitrogens with two attached hydrogens (primary N) is 1. The summed E-state index contributed by atoms with van der Waals surface area (Å²) in [6, 6.07) is 0. The smallest absolute Gasteiger partial charge is 0.460 e. The van der Waals surface area contributed by atoms with E-state index in [1.165, 1.54) is 17.2 Å². The van der Waals surface area contributed by atoms with Crippen molar-refractivity contribution in [1.82, 2.24) is 19.5 Å². The third kappa shape index (κ3) is 6.85. The molecule has 2 aromatic heterocycles. The van der Waals surface area contributed by atoms with Gasteiger partial charge in [0.1, 0.15) is 30.3 Å². The number of imidazole rings is 1. The second kappa shape index (κ2) is 9.44. The highest BCUT2D eigenvalue weighted by atomic mass is 31.3. The van der Waals surface area contributed by atoms with E-state index in [1.807, 2.05) is 0 Å². The van der Waals surface area contributed by atoms with Crippen molar-refractivity contribution >= 4 is 46.4 Å². The van der Waals surface area contributed by atoms with Crippen LogP contribution in [0, 0.1) is 0 Å². The summed E-state index contributed by atoms with van der Waals surface area (Å²) in [4.78, 5) is 59.4. The fourth-order valence-corrected chi connectivity index (χ4v) is 5.94. The van der Waals surface area contributed by atoms with E-state index in [9.17, 15) is 28.3 Å². The van der Waals surface area contributed by atoms with Gasteiger partial charge in [-0.2, -0.15) is 8.62 Å². The topological polar surface area (TPSA) is 265 Å². The number of anilines is 1. The van der Waals surface area contributed by atoms with Crippen LogP contribution in [0.25, 0.3) is 11.2 Å². The number of fused-ring (bicyclic) bond motifs is 1. The molecule has 2 unspecified atom stereocenters. The van der Waals surface area contributed by atoms with Crippen LogP contribution in [0.2, 0.25) is 0 Å². The van der Waals surface area contributed by atoms with E-state index in [0.29, 0.717) is 5.65 Å². The first kappa shape index (κ1) is 25.8. The molecule has 1 aliphatic heterocycles. The molecule has 1 aliphatic rings. The van der Waals surface area contributed by atoms with Gasteiger partial charge in [0.05, 0.1) is 12.9 Å². The number of phosphoric acid groups is 3. The van der Waals surface area contributed by atoms with Gasteiger partial charge in [-0.05, 0) is 0 Å². The lowest BCUT2D eigenvalue weighted by Gasteiger charge is -2.20. The summed E-state index contributed by atoms with van der Waals surface area (Å²) in [6.07, 6.45) is -0.462. The SMILES string of the molecule is CC(=O)O[C@H]1C[C@H](n2cnc3c(N)ncnc32)O[C@@H]1COP(=O)(O)OP(=O)(O)OP(=O)(O)O. The molecular formula is C12H18N5O13P3. The fourth-order valence-electron chi connectivity index (χ4n) is 2.91. The number of esters is 1. The van der Waals surface area contributed by atoms with Crippen LogP contribution in [0.3, 0.4) is 0 Å². The number of rotatable bonds is 9. The molecule has 1 saturated heterocycles. The predicted octanol–water partition coefficient (Wildman–Crippen LogP) is -0.0290. The van der Waals surface area contributed by atoms with E-state index in [1.54, 1.807) is 0 Å². The average molecular weight is 533 g/mol. The van der Waals surface area contributed by atoms with E-state index in [2.05, 4.69) is 28.1 Å². The summed E-state index contributed by atoms with van der Waals surface area (Å²) < 4.78 is 58.3. The Morgan fingerprint density at radius 2 is 1.88 bits per heavy atom. The molecule has 184 valence electrons. The van der Waals surface area contributed by atoms with E-state index >= 15 is 0 Å². The molecule has 6 N–H and O–H groups in total.